The minimum atomic E-state index is -0.251. The first-order valence-electron chi connectivity index (χ1n) is 13.0. The molecule has 41 heavy (non-hydrogen) atoms. The molecule has 0 aliphatic carbocycles. The molecule has 0 bridgehead atoms. The number of anilines is 4. The number of imidazole rings is 1. The Balaban J connectivity index is 1.18. The van der Waals surface area contributed by atoms with E-state index in [0.717, 1.165) is 59.6 Å². The lowest BCUT2D eigenvalue weighted by atomic mass is 10.1. The number of carbonyl (C=O) groups is 1. The number of nitrogens with one attached hydrogen (secondary N) is 2. The van der Waals surface area contributed by atoms with Crippen LogP contribution in [0.25, 0.3) is 27.6 Å². The summed E-state index contributed by atoms with van der Waals surface area (Å²) in [5, 5.41) is 9.99. The van der Waals surface area contributed by atoms with Gasteiger partial charge in [0.25, 0.3) is 5.91 Å². The molecule has 0 radical (unpaired) electrons. The summed E-state index contributed by atoms with van der Waals surface area (Å²) in [5.74, 6) is 0.237. The van der Waals surface area contributed by atoms with Crippen LogP contribution in [0.5, 0.6) is 0 Å². The summed E-state index contributed by atoms with van der Waals surface area (Å²) in [7, 11) is 0. The van der Waals surface area contributed by atoms with Gasteiger partial charge in [0.1, 0.15) is 11.4 Å². The number of rotatable bonds is 7. The molecule has 0 spiro atoms. The van der Waals surface area contributed by atoms with Crippen LogP contribution in [0, 0.1) is 0 Å². The van der Waals surface area contributed by atoms with Gasteiger partial charge in [-0.2, -0.15) is 0 Å². The second-order valence-corrected chi connectivity index (χ2v) is 10.9. The van der Waals surface area contributed by atoms with E-state index >= 15 is 0 Å². The number of morpholine rings is 1. The predicted molar refractivity (Wildman–Crippen MR) is 162 cm³/mol. The molecule has 12 heteroatoms. The second kappa shape index (κ2) is 11.1. The monoisotopic (exact) mass is 580 g/mol. The number of benzene rings is 2. The Bertz CT molecular complexity index is 1810. The first-order chi connectivity index (χ1) is 20.2. The van der Waals surface area contributed by atoms with E-state index in [4.69, 9.17) is 14.7 Å². The number of amides is 1. The highest BCUT2D eigenvalue weighted by Gasteiger charge is 2.19. The Morgan fingerprint density at radius 3 is 2.68 bits per heavy atom. The molecule has 1 saturated heterocycles. The molecule has 0 saturated carbocycles. The zero-order valence-electron chi connectivity index (χ0n) is 21.7. The molecular weight excluding hydrogens is 557 g/mol. The fourth-order valence-electron chi connectivity index (χ4n) is 4.75. The van der Waals surface area contributed by atoms with Gasteiger partial charge in [0.2, 0.25) is 5.95 Å². The van der Waals surface area contributed by atoms with Crippen LogP contribution in [-0.2, 0) is 4.74 Å². The topological polar surface area (TPSA) is 110 Å². The van der Waals surface area contributed by atoms with E-state index in [1.54, 1.807) is 28.4 Å². The molecule has 1 amide bonds. The molecule has 4 aromatic heterocycles. The smallest absolute Gasteiger partial charge is 0.275 e. The molecule has 204 valence electrons. The minimum absolute atomic E-state index is 0.251. The largest absolute Gasteiger partial charge is 0.378 e. The van der Waals surface area contributed by atoms with Crippen LogP contribution in [0.2, 0.25) is 0 Å². The molecular formula is C29H24N8O2S2. The molecule has 1 aliphatic heterocycles. The van der Waals surface area contributed by atoms with Gasteiger partial charge in [-0.1, -0.05) is 12.1 Å². The van der Waals surface area contributed by atoms with E-state index in [9.17, 15) is 4.79 Å². The zero-order valence-corrected chi connectivity index (χ0v) is 23.4. The molecule has 6 aromatic rings. The van der Waals surface area contributed by atoms with Crippen LogP contribution in [0.1, 0.15) is 10.5 Å². The molecule has 5 heterocycles. The quantitative estimate of drug-likeness (QED) is 0.244. The van der Waals surface area contributed by atoms with E-state index < -0.39 is 0 Å². The number of hydrogen-bond donors (Lipinski definition) is 2. The second-order valence-electron chi connectivity index (χ2n) is 9.31. The summed E-state index contributed by atoms with van der Waals surface area (Å²) in [6.07, 6.45) is 3.73. The SMILES string of the molecule is O=C(Nc1cccc(-c2nc3sccn3c2-c2ccnc(Nc3ccc(N4CCOCC4)cc3)n2)c1)c1cscn1. The van der Waals surface area contributed by atoms with Gasteiger partial charge >= 0.3 is 0 Å². The summed E-state index contributed by atoms with van der Waals surface area (Å²) in [6, 6.07) is 17.8. The van der Waals surface area contributed by atoms with Crippen molar-refractivity contribution in [2.45, 2.75) is 0 Å². The highest BCUT2D eigenvalue weighted by molar-refractivity contribution is 7.15. The maximum atomic E-state index is 12.6. The van der Waals surface area contributed by atoms with Crippen LogP contribution < -0.4 is 15.5 Å². The van der Waals surface area contributed by atoms with Gasteiger partial charge in [-0.05, 0) is 42.5 Å². The highest BCUT2D eigenvalue weighted by Crippen LogP contribution is 2.35. The summed E-state index contributed by atoms with van der Waals surface area (Å²) in [4.78, 5) is 34.1. The maximum absolute atomic E-state index is 12.6. The van der Waals surface area contributed by atoms with Crippen LogP contribution in [0.3, 0.4) is 0 Å². The third-order valence-electron chi connectivity index (χ3n) is 6.72. The van der Waals surface area contributed by atoms with Gasteiger partial charge in [0.15, 0.2) is 4.96 Å². The third-order valence-corrected chi connectivity index (χ3v) is 8.06. The summed E-state index contributed by atoms with van der Waals surface area (Å²) in [6.45, 7) is 3.29. The van der Waals surface area contributed by atoms with Crippen molar-refractivity contribution in [1.82, 2.24) is 24.3 Å². The number of carbonyl (C=O) groups excluding carboxylic acids is 1. The lowest BCUT2D eigenvalue weighted by molar-refractivity contribution is 0.102. The number of nitrogens with zero attached hydrogens (tertiary/aromatic N) is 6. The Morgan fingerprint density at radius 1 is 0.976 bits per heavy atom. The Hall–Kier alpha value is -4.65. The van der Waals surface area contributed by atoms with Crippen molar-refractivity contribution in [3.8, 4) is 22.6 Å². The first-order valence-corrected chi connectivity index (χ1v) is 14.8. The predicted octanol–water partition coefficient (Wildman–Crippen LogP) is 5.81. The van der Waals surface area contributed by atoms with Crippen molar-refractivity contribution < 1.29 is 9.53 Å². The van der Waals surface area contributed by atoms with E-state index in [1.165, 1.54) is 17.0 Å². The third kappa shape index (κ3) is 5.27. The minimum Gasteiger partial charge on any atom is -0.378 e. The number of hydrogen-bond acceptors (Lipinski definition) is 10. The zero-order chi connectivity index (χ0) is 27.6. The van der Waals surface area contributed by atoms with Gasteiger partial charge in [-0.3, -0.25) is 9.20 Å². The Labute approximate surface area is 243 Å². The average molecular weight is 581 g/mol. The van der Waals surface area contributed by atoms with Crippen molar-refractivity contribution in [2.75, 3.05) is 41.8 Å². The van der Waals surface area contributed by atoms with Crippen molar-refractivity contribution in [3.63, 3.8) is 0 Å². The molecule has 1 aliphatic rings. The van der Waals surface area contributed by atoms with Crippen molar-refractivity contribution in [3.05, 3.63) is 89.0 Å². The van der Waals surface area contributed by atoms with Gasteiger partial charge < -0.3 is 20.3 Å². The number of fused-ring (bicyclic) bond motifs is 1. The summed E-state index contributed by atoms with van der Waals surface area (Å²) < 4.78 is 7.50. The van der Waals surface area contributed by atoms with Crippen LogP contribution in [0.15, 0.2) is 83.3 Å². The molecule has 10 nitrogen and oxygen atoms in total. The first kappa shape index (κ1) is 25.3. The van der Waals surface area contributed by atoms with Crippen molar-refractivity contribution >= 4 is 56.6 Å². The van der Waals surface area contributed by atoms with Crippen molar-refractivity contribution in [1.29, 1.82) is 0 Å². The number of aromatic nitrogens is 5. The number of thiazole rings is 2. The lowest BCUT2D eigenvalue weighted by Crippen LogP contribution is -2.36. The van der Waals surface area contributed by atoms with Crippen LogP contribution >= 0.6 is 22.7 Å². The van der Waals surface area contributed by atoms with Crippen LogP contribution in [0.4, 0.5) is 23.0 Å². The fraction of sp³-hybridized carbons (Fsp3) is 0.138. The average Bonchev–Trinajstić information content (AvgIpc) is 3.77. The molecule has 1 fully saturated rings. The Morgan fingerprint density at radius 2 is 1.85 bits per heavy atom. The molecule has 2 aromatic carbocycles. The highest BCUT2D eigenvalue weighted by atomic mass is 32.1. The fourth-order valence-corrected chi connectivity index (χ4v) is 6.00. The van der Waals surface area contributed by atoms with Crippen molar-refractivity contribution in [2.24, 2.45) is 0 Å². The van der Waals surface area contributed by atoms with Gasteiger partial charge in [-0.25, -0.2) is 19.9 Å². The van der Waals surface area contributed by atoms with E-state index in [0.29, 0.717) is 17.3 Å². The lowest BCUT2D eigenvalue weighted by Gasteiger charge is -2.28. The molecule has 0 atom stereocenters. The molecule has 7 rings (SSSR count). The maximum Gasteiger partial charge on any atom is 0.275 e. The van der Waals surface area contributed by atoms with E-state index in [2.05, 4.69) is 37.6 Å². The van der Waals surface area contributed by atoms with E-state index in [1.807, 2.05) is 58.4 Å². The van der Waals surface area contributed by atoms with Gasteiger partial charge in [0.05, 0.1) is 30.1 Å². The normalized spacial score (nSPS) is 13.4. The Kier molecular flexibility index (Phi) is 6.85. The molecule has 2 N–H and O–H groups in total. The molecule has 0 unspecified atom stereocenters. The van der Waals surface area contributed by atoms with Gasteiger partial charge in [-0.15, -0.1) is 22.7 Å². The van der Waals surface area contributed by atoms with Gasteiger partial charge in [0, 0.05) is 58.9 Å². The summed E-state index contributed by atoms with van der Waals surface area (Å²) >= 11 is 2.93. The summed E-state index contributed by atoms with van der Waals surface area (Å²) in [5.41, 5.74) is 7.95. The standard InChI is InChI=1S/C29H24N8O2S2/c38-27(24-17-40-18-31-24)32-21-3-1-2-19(16-21)25-26(37-12-15-41-29(37)35-25)23-8-9-30-28(34-23)33-20-4-6-22(7-5-20)36-10-13-39-14-11-36/h1-9,12,15-18H,10-11,13-14H2,(H,32,38)(H,30,33,34). The van der Waals surface area contributed by atoms with E-state index in [-0.39, 0.29) is 5.91 Å². The van der Waals surface area contributed by atoms with Crippen LogP contribution in [-0.4, -0.2) is 56.5 Å². The number of ether oxygens (including phenoxy) is 1.